The van der Waals surface area contributed by atoms with E-state index in [0.29, 0.717) is 5.06 Å². The van der Waals surface area contributed by atoms with Crippen molar-refractivity contribution in [3.8, 4) is 5.06 Å². The van der Waals surface area contributed by atoms with Crippen molar-refractivity contribution in [2.24, 2.45) is 0 Å². The first-order chi connectivity index (χ1) is 6.22. The third-order valence-corrected chi connectivity index (χ3v) is 3.09. The summed E-state index contributed by atoms with van der Waals surface area (Å²) in [5, 5.41) is 10.8. The molecule has 68 valence electrons. The summed E-state index contributed by atoms with van der Waals surface area (Å²) in [6.07, 6.45) is 0.902. The standard InChI is InChI=1S/C10H11NOS/c1-2-6-7-5-10(12)13-9(7)4-3-8(6)11/h3-5,12H,2,11H2,1H3. The van der Waals surface area contributed by atoms with Crippen LogP contribution in [0.15, 0.2) is 18.2 Å². The average molecular weight is 193 g/mol. The van der Waals surface area contributed by atoms with Crippen LogP contribution in [0.3, 0.4) is 0 Å². The second kappa shape index (κ2) is 2.92. The van der Waals surface area contributed by atoms with E-state index in [4.69, 9.17) is 5.73 Å². The molecule has 2 nitrogen and oxygen atoms in total. The van der Waals surface area contributed by atoms with Gasteiger partial charge < -0.3 is 10.8 Å². The molecule has 0 aliphatic heterocycles. The number of hydrogen-bond donors (Lipinski definition) is 2. The lowest BCUT2D eigenvalue weighted by molar-refractivity contribution is 0.491. The number of anilines is 1. The van der Waals surface area contributed by atoms with Crippen LogP contribution in [0.1, 0.15) is 12.5 Å². The predicted molar refractivity (Wildman–Crippen MR) is 57.3 cm³/mol. The van der Waals surface area contributed by atoms with Gasteiger partial charge in [-0.05, 0) is 30.2 Å². The Morgan fingerprint density at radius 3 is 2.92 bits per heavy atom. The number of hydrogen-bond acceptors (Lipinski definition) is 3. The van der Waals surface area contributed by atoms with Gasteiger partial charge in [0.2, 0.25) is 0 Å². The molecule has 0 aliphatic rings. The van der Waals surface area contributed by atoms with Crippen molar-refractivity contribution < 1.29 is 5.11 Å². The van der Waals surface area contributed by atoms with E-state index in [1.165, 1.54) is 11.3 Å². The fraction of sp³-hybridized carbons (Fsp3) is 0.200. The van der Waals surface area contributed by atoms with E-state index >= 15 is 0 Å². The Bertz CT molecular complexity index is 447. The molecule has 13 heavy (non-hydrogen) atoms. The SMILES string of the molecule is CCc1c(N)ccc2sc(O)cc12. The van der Waals surface area contributed by atoms with Crippen molar-refractivity contribution in [1.82, 2.24) is 0 Å². The third-order valence-electron chi connectivity index (χ3n) is 2.19. The van der Waals surface area contributed by atoms with Gasteiger partial charge in [-0.15, -0.1) is 0 Å². The van der Waals surface area contributed by atoms with Gasteiger partial charge in [0.25, 0.3) is 0 Å². The molecule has 0 bridgehead atoms. The van der Waals surface area contributed by atoms with Crippen molar-refractivity contribution >= 4 is 27.1 Å². The number of nitrogens with two attached hydrogens (primary N) is 1. The van der Waals surface area contributed by atoms with E-state index < -0.39 is 0 Å². The average Bonchev–Trinajstić information content (AvgIpc) is 2.45. The zero-order valence-electron chi connectivity index (χ0n) is 7.37. The fourth-order valence-electron chi connectivity index (χ4n) is 1.57. The van der Waals surface area contributed by atoms with E-state index in [1.807, 2.05) is 12.1 Å². The zero-order valence-corrected chi connectivity index (χ0v) is 8.19. The summed E-state index contributed by atoms with van der Waals surface area (Å²) in [5.74, 6) is 0. The quantitative estimate of drug-likeness (QED) is 0.684. The number of fused-ring (bicyclic) bond motifs is 1. The summed E-state index contributed by atoms with van der Waals surface area (Å²) in [6, 6.07) is 5.64. The topological polar surface area (TPSA) is 46.2 Å². The van der Waals surface area contributed by atoms with Crippen molar-refractivity contribution in [1.29, 1.82) is 0 Å². The van der Waals surface area contributed by atoms with Crippen molar-refractivity contribution in [2.45, 2.75) is 13.3 Å². The van der Waals surface area contributed by atoms with Gasteiger partial charge in [-0.1, -0.05) is 18.3 Å². The van der Waals surface area contributed by atoms with Gasteiger partial charge in [0, 0.05) is 15.8 Å². The predicted octanol–water partition coefficient (Wildman–Crippen LogP) is 2.75. The highest BCUT2D eigenvalue weighted by Crippen LogP contribution is 2.35. The largest absolute Gasteiger partial charge is 0.499 e. The smallest absolute Gasteiger partial charge is 0.172 e. The summed E-state index contributed by atoms with van der Waals surface area (Å²) in [7, 11) is 0. The molecular weight excluding hydrogens is 182 g/mol. The lowest BCUT2D eigenvalue weighted by Crippen LogP contribution is -1.91. The minimum Gasteiger partial charge on any atom is -0.499 e. The summed E-state index contributed by atoms with van der Waals surface area (Å²) < 4.78 is 1.10. The Balaban J connectivity index is 2.82. The Kier molecular flexibility index (Phi) is 1.88. The van der Waals surface area contributed by atoms with E-state index in [2.05, 4.69) is 6.92 Å². The highest BCUT2D eigenvalue weighted by atomic mass is 32.1. The van der Waals surface area contributed by atoms with Crippen molar-refractivity contribution in [2.75, 3.05) is 5.73 Å². The van der Waals surface area contributed by atoms with Gasteiger partial charge in [0.05, 0.1) is 0 Å². The lowest BCUT2D eigenvalue weighted by atomic mass is 10.1. The summed E-state index contributed by atoms with van der Waals surface area (Å²) >= 11 is 1.39. The van der Waals surface area contributed by atoms with Gasteiger partial charge in [0.1, 0.15) is 0 Å². The lowest BCUT2D eigenvalue weighted by Gasteiger charge is -2.03. The molecule has 0 fully saturated rings. The summed E-state index contributed by atoms with van der Waals surface area (Å²) in [5.41, 5.74) is 7.78. The molecule has 2 rings (SSSR count). The Hall–Kier alpha value is -1.22. The van der Waals surface area contributed by atoms with Gasteiger partial charge in [-0.2, -0.15) is 0 Å². The molecule has 0 atom stereocenters. The number of rotatable bonds is 1. The fourth-order valence-corrected chi connectivity index (χ4v) is 2.40. The number of thiophene rings is 1. The Morgan fingerprint density at radius 1 is 1.46 bits per heavy atom. The minimum absolute atomic E-state index is 0.357. The third kappa shape index (κ3) is 1.25. The molecule has 0 aliphatic carbocycles. The van der Waals surface area contributed by atoms with Crippen molar-refractivity contribution in [3.05, 3.63) is 23.8 Å². The van der Waals surface area contributed by atoms with Crippen LogP contribution in [0.25, 0.3) is 10.1 Å². The molecule has 0 saturated carbocycles. The van der Waals surface area contributed by atoms with Gasteiger partial charge in [0.15, 0.2) is 5.06 Å². The summed E-state index contributed by atoms with van der Waals surface area (Å²) in [6.45, 7) is 2.07. The Morgan fingerprint density at radius 2 is 2.23 bits per heavy atom. The number of aryl methyl sites for hydroxylation is 1. The molecule has 3 heteroatoms. The van der Waals surface area contributed by atoms with Gasteiger partial charge >= 0.3 is 0 Å². The molecule has 0 spiro atoms. The molecule has 0 radical (unpaired) electrons. The van der Waals surface area contributed by atoms with E-state index in [0.717, 1.165) is 27.8 Å². The van der Waals surface area contributed by atoms with Crippen LogP contribution in [-0.4, -0.2) is 5.11 Å². The van der Waals surface area contributed by atoms with Crippen LogP contribution in [0, 0.1) is 0 Å². The van der Waals surface area contributed by atoms with Crippen LogP contribution < -0.4 is 5.73 Å². The molecular formula is C10H11NOS. The van der Waals surface area contributed by atoms with Crippen LogP contribution in [0.4, 0.5) is 5.69 Å². The van der Waals surface area contributed by atoms with Gasteiger partial charge in [-0.25, -0.2) is 0 Å². The number of benzene rings is 1. The molecule has 1 heterocycles. The van der Waals surface area contributed by atoms with Crippen LogP contribution >= 0.6 is 11.3 Å². The highest BCUT2D eigenvalue weighted by molar-refractivity contribution is 7.20. The Labute approximate surface area is 80.6 Å². The van der Waals surface area contributed by atoms with Crippen LogP contribution in [0.2, 0.25) is 0 Å². The normalized spacial score (nSPS) is 10.8. The van der Waals surface area contributed by atoms with E-state index in [-0.39, 0.29) is 0 Å². The monoisotopic (exact) mass is 193 g/mol. The second-order valence-corrected chi connectivity index (χ2v) is 4.05. The summed E-state index contributed by atoms with van der Waals surface area (Å²) in [4.78, 5) is 0. The maximum absolute atomic E-state index is 9.34. The zero-order chi connectivity index (χ0) is 9.42. The van der Waals surface area contributed by atoms with E-state index in [1.54, 1.807) is 6.07 Å². The minimum atomic E-state index is 0.357. The second-order valence-electron chi connectivity index (χ2n) is 2.98. The number of aromatic hydroxyl groups is 1. The molecule has 1 aromatic carbocycles. The van der Waals surface area contributed by atoms with Crippen LogP contribution in [0.5, 0.6) is 5.06 Å². The van der Waals surface area contributed by atoms with Gasteiger partial charge in [-0.3, -0.25) is 0 Å². The van der Waals surface area contributed by atoms with Crippen LogP contribution in [-0.2, 0) is 6.42 Å². The molecule has 1 aromatic heterocycles. The first-order valence-electron chi connectivity index (χ1n) is 4.22. The number of nitrogen functional groups attached to an aromatic ring is 1. The molecule has 0 unspecified atom stereocenters. The molecule has 0 saturated heterocycles. The van der Waals surface area contributed by atoms with Crippen molar-refractivity contribution in [3.63, 3.8) is 0 Å². The molecule has 3 N–H and O–H groups in total. The molecule has 2 aromatic rings. The maximum atomic E-state index is 9.34. The maximum Gasteiger partial charge on any atom is 0.172 e. The first-order valence-corrected chi connectivity index (χ1v) is 5.04. The molecule has 0 amide bonds. The first kappa shape index (κ1) is 8.38. The highest BCUT2D eigenvalue weighted by Gasteiger charge is 2.06. The van der Waals surface area contributed by atoms with E-state index in [9.17, 15) is 5.11 Å².